The average molecular weight is 171 g/mol. The van der Waals surface area contributed by atoms with E-state index < -0.39 is 0 Å². The Morgan fingerprint density at radius 1 is 1.67 bits per heavy atom. The molecule has 0 N–H and O–H groups in total. The summed E-state index contributed by atoms with van der Waals surface area (Å²) in [5.74, 6) is 0.232. The van der Waals surface area contributed by atoms with Gasteiger partial charge in [-0.15, -0.1) is 0 Å². The van der Waals surface area contributed by atoms with Gasteiger partial charge in [-0.3, -0.25) is 9.69 Å². The molecule has 3 heteroatoms. The van der Waals surface area contributed by atoms with Crippen LogP contribution >= 0.6 is 0 Å². The van der Waals surface area contributed by atoms with Gasteiger partial charge < -0.3 is 4.74 Å². The van der Waals surface area contributed by atoms with Crippen LogP contribution in [0, 0.1) is 0 Å². The van der Waals surface area contributed by atoms with Crippen LogP contribution in [0.5, 0.6) is 0 Å². The quantitative estimate of drug-likeness (QED) is 0.625. The van der Waals surface area contributed by atoms with E-state index in [1.165, 1.54) is 0 Å². The van der Waals surface area contributed by atoms with E-state index in [9.17, 15) is 4.79 Å². The topological polar surface area (TPSA) is 29.5 Å². The highest BCUT2D eigenvalue weighted by molar-refractivity contribution is 5.77. The van der Waals surface area contributed by atoms with E-state index in [0.717, 1.165) is 19.5 Å². The van der Waals surface area contributed by atoms with Gasteiger partial charge in [0.15, 0.2) is 0 Å². The molecule has 1 aliphatic heterocycles. The monoisotopic (exact) mass is 171 g/mol. The van der Waals surface area contributed by atoms with E-state index in [-0.39, 0.29) is 11.4 Å². The molecule has 3 nitrogen and oxygen atoms in total. The van der Waals surface area contributed by atoms with Gasteiger partial charge in [0.1, 0.15) is 5.78 Å². The van der Waals surface area contributed by atoms with Crippen molar-refractivity contribution >= 4 is 5.78 Å². The molecular weight excluding hydrogens is 154 g/mol. The van der Waals surface area contributed by atoms with Gasteiger partial charge in [0.2, 0.25) is 0 Å². The first-order valence-electron chi connectivity index (χ1n) is 4.33. The maximum absolute atomic E-state index is 10.8. The molecule has 1 rings (SSSR count). The minimum Gasteiger partial charge on any atom is -0.377 e. The fraction of sp³-hybridized carbons (Fsp3) is 0.889. The van der Waals surface area contributed by atoms with E-state index in [1.807, 2.05) is 0 Å². The Balaban J connectivity index is 2.40. The maximum Gasteiger partial charge on any atom is 0.143 e. The second-order valence-electron chi connectivity index (χ2n) is 3.82. The normalized spacial score (nSPS) is 30.9. The molecule has 1 atom stereocenters. The number of nitrogens with zero attached hydrogens (tertiary/aromatic N) is 1. The molecule has 1 aliphatic rings. The number of methoxy groups -OCH3 is 1. The first kappa shape index (κ1) is 9.68. The fourth-order valence-corrected chi connectivity index (χ4v) is 1.64. The predicted octanol–water partition coefficient (Wildman–Crippen LogP) is 0.686. The minimum atomic E-state index is -0.0323. The van der Waals surface area contributed by atoms with Gasteiger partial charge in [-0.2, -0.15) is 0 Å². The molecule has 0 aromatic carbocycles. The zero-order valence-electron chi connectivity index (χ0n) is 8.09. The van der Waals surface area contributed by atoms with Crippen molar-refractivity contribution in [1.82, 2.24) is 4.90 Å². The molecule has 0 aromatic rings. The lowest BCUT2D eigenvalue weighted by Gasteiger charge is -2.22. The first-order valence-corrected chi connectivity index (χ1v) is 4.33. The lowest BCUT2D eigenvalue weighted by atomic mass is 10.1. The molecule has 1 unspecified atom stereocenters. The van der Waals surface area contributed by atoms with Gasteiger partial charge in [0.25, 0.3) is 0 Å². The summed E-state index contributed by atoms with van der Waals surface area (Å²) in [5, 5.41) is 0. The molecule has 0 bridgehead atoms. The number of Topliss-reactive ketones (excluding diaryl/α,β-unsaturated/α-hetero) is 1. The largest absolute Gasteiger partial charge is 0.377 e. The van der Waals surface area contributed by atoms with Gasteiger partial charge in [0.05, 0.1) is 12.1 Å². The van der Waals surface area contributed by atoms with E-state index in [0.29, 0.717) is 6.54 Å². The van der Waals surface area contributed by atoms with Crippen LogP contribution in [0.4, 0.5) is 0 Å². The first-order chi connectivity index (χ1) is 5.56. The number of likely N-dealkylation sites (tertiary alicyclic amines) is 1. The molecule has 1 fully saturated rings. The molecule has 0 amide bonds. The molecule has 0 radical (unpaired) electrons. The fourth-order valence-electron chi connectivity index (χ4n) is 1.64. The van der Waals surface area contributed by atoms with Gasteiger partial charge in [-0.25, -0.2) is 0 Å². The number of rotatable bonds is 3. The minimum absolute atomic E-state index is 0.0323. The van der Waals surface area contributed by atoms with Crippen molar-refractivity contribution in [2.24, 2.45) is 0 Å². The van der Waals surface area contributed by atoms with Crippen molar-refractivity contribution in [1.29, 1.82) is 0 Å². The number of carbonyl (C=O) groups is 1. The summed E-state index contributed by atoms with van der Waals surface area (Å²) in [6, 6.07) is 0. The van der Waals surface area contributed by atoms with Gasteiger partial charge in [-0.1, -0.05) is 0 Å². The standard InChI is InChI=1S/C9H17NO2/c1-8(11)6-10-5-4-9(2,7-10)12-3/h4-7H2,1-3H3. The number of hydrogen-bond acceptors (Lipinski definition) is 3. The average Bonchev–Trinajstić information content (AvgIpc) is 2.32. The lowest BCUT2D eigenvalue weighted by Crippen LogP contribution is -2.33. The van der Waals surface area contributed by atoms with E-state index in [2.05, 4.69) is 11.8 Å². The molecule has 1 heterocycles. The summed E-state index contributed by atoms with van der Waals surface area (Å²) in [7, 11) is 1.73. The highest BCUT2D eigenvalue weighted by atomic mass is 16.5. The van der Waals surface area contributed by atoms with Gasteiger partial charge >= 0.3 is 0 Å². The summed E-state index contributed by atoms with van der Waals surface area (Å²) < 4.78 is 5.36. The van der Waals surface area contributed by atoms with Crippen LogP contribution in [0.1, 0.15) is 20.3 Å². The number of hydrogen-bond donors (Lipinski definition) is 0. The Morgan fingerprint density at radius 3 is 2.75 bits per heavy atom. The predicted molar refractivity (Wildman–Crippen MR) is 47.2 cm³/mol. The molecule has 1 saturated heterocycles. The summed E-state index contributed by atoms with van der Waals surface area (Å²) in [6.07, 6.45) is 1.02. The number of ketones is 1. The van der Waals surface area contributed by atoms with Crippen LogP contribution in [-0.2, 0) is 9.53 Å². The lowest BCUT2D eigenvalue weighted by molar-refractivity contribution is -0.118. The molecule has 0 spiro atoms. The zero-order valence-corrected chi connectivity index (χ0v) is 8.09. The Morgan fingerprint density at radius 2 is 2.33 bits per heavy atom. The van der Waals surface area contributed by atoms with Crippen molar-refractivity contribution in [3.8, 4) is 0 Å². The van der Waals surface area contributed by atoms with Crippen LogP contribution in [0.25, 0.3) is 0 Å². The highest BCUT2D eigenvalue weighted by Crippen LogP contribution is 2.23. The highest BCUT2D eigenvalue weighted by Gasteiger charge is 2.33. The molecular formula is C9H17NO2. The SMILES string of the molecule is COC1(C)CCN(CC(C)=O)C1. The van der Waals surface area contributed by atoms with Crippen molar-refractivity contribution in [3.05, 3.63) is 0 Å². The molecule has 0 saturated carbocycles. The van der Waals surface area contributed by atoms with E-state index in [1.54, 1.807) is 14.0 Å². The van der Waals surface area contributed by atoms with Crippen molar-refractivity contribution in [3.63, 3.8) is 0 Å². The molecule has 12 heavy (non-hydrogen) atoms. The van der Waals surface area contributed by atoms with Crippen molar-refractivity contribution < 1.29 is 9.53 Å². The van der Waals surface area contributed by atoms with Gasteiger partial charge in [0, 0.05) is 20.2 Å². The van der Waals surface area contributed by atoms with Crippen LogP contribution in [0.3, 0.4) is 0 Å². The number of ether oxygens (including phenoxy) is 1. The summed E-state index contributed by atoms with van der Waals surface area (Å²) in [4.78, 5) is 13.0. The van der Waals surface area contributed by atoms with Crippen molar-refractivity contribution in [2.75, 3.05) is 26.7 Å². The Kier molecular flexibility index (Phi) is 2.85. The third kappa shape index (κ3) is 2.29. The second-order valence-corrected chi connectivity index (χ2v) is 3.82. The summed E-state index contributed by atoms with van der Waals surface area (Å²) in [5.41, 5.74) is -0.0323. The van der Waals surface area contributed by atoms with Crippen LogP contribution in [0.15, 0.2) is 0 Å². The Labute approximate surface area is 73.7 Å². The molecule has 0 aliphatic carbocycles. The van der Waals surface area contributed by atoms with Crippen LogP contribution in [0.2, 0.25) is 0 Å². The smallest absolute Gasteiger partial charge is 0.143 e. The Bertz CT molecular complexity index is 181. The molecule has 0 aromatic heterocycles. The van der Waals surface area contributed by atoms with Gasteiger partial charge in [-0.05, 0) is 20.3 Å². The summed E-state index contributed by atoms with van der Waals surface area (Å²) in [6.45, 7) is 6.14. The zero-order chi connectivity index (χ0) is 9.19. The summed E-state index contributed by atoms with van der Waals surface area (Å²) >= 11 is 0. The maximum atomic E-state index is 10.8. The van der Waals surface area contributed by atoms with Crippen LogP contribution in [-0.4, -0.2) is 43.0 Å². The molecule has 70 valence electrons. The third-order valence-electron chi connectivity index (χ3n) is 2.45. The van der Waals surface area contributed by atoms with E-state index in [4.69, 9.17) is 4.74 Å². The second kappa shape index (κ2) is 3.54. The van der Waals surface area contributed by atoms with Crippen LogP contribution < -0.4 is 0 Å². The third-order valence-corrected chi connectivity index (χ3v) is 2.45. The van der Waals surface area contributed by atoms with E-state index >= 15 is 0 Å². The number of carbonyl (C=O) groups excluding carboxylic acids is 1. The van der Waals surface area contributed by atoms with Crippen molar-refractivity contribution in [2.45, 2.75) is 25.9 Å². The Hall–Kier alpha value is -0.410.